The van der Waals surface area contributed by atoms with E-state index in [1.165, 1.54) is 34.4 Å². The maximum Gasteiger partial charge on any atom is 0.225 e. The van der Waals surface area contributed by atoms with E-state index in [-0.39, 0.29) is 11.8 Å². The van der Waals surface area contributed by atoms with Gasteiger partial charge in [0, 0.05) is 17.2 Å². The lowest BCUT2D eigenvalue weighted by atomic mass is 9.82. The van der Waals surface area contributed by atoms with Crippen molar-refractivity contribution in [3.05, 3.63) is 45.8 Å². The number of thiophene rings is 1. The van der Waals surface area contributed by atoms with Crippen LogP contribution in [-0.4, -0.2) is 13.0 Å². The number of carbonyl (C=O) groups is 1. The number of amides is 1. The van der Waals surface area contributed by atoms with E-state index in [0.29, 0.717) is 6.42 Å². The molecule has 1 aliphatic heterocycles. The van der Waals surface area contributed by atoms with Gasteiger partial charge in [0.05, 0.1) is 12.1 Å². The van der Waals surface area contributed by atoms with Crippen LogP contribution in [0.15, 0.2) is 24.3 Å². The van der Waals surface area contributed by atoms with Gasteiger partial charge in [0.25, 0.3) is 0 Å². The van der Waals surface area contributed by atoms with Crippen molar-refractivity contribution in [1.29, 1.82) is 0 Å². The summed E-state index contributed by atoms with van der Waals surface area (Å²) >= 11 is 1.79. The van der Waals surface area contributed by atoms with Gasteiger partial charge in [-0.1, -0.05) is 12.1 Å². The molecule has 0 saturated carbocycles. The highest BCUT2D eigenvalue weighted by Gasteiger charge is 2.33. The van der Waals surface area contributed by atoms with Gasteiger partial charge in [-0.3, -0.25) is 4.79 Å². The molecular formula is C18H19NO2S. The van der Waals surface area contributed by atoms with Crippen LogP contribution in [0.1, 0.15) is 46.7 Å². The van der Waals surface area contributed by atoms with Crippen LogP contribution in [-0.2, 0) is 17.6 Å². The number of aryl methyl sites for hydroxylation is 1. The molecule has 1 aliphatic carbocycles. The zero-order chi connectivity index (χ0) is 15.1. The molecule has 2 aliphatic rings. The summed E-state index contributed by atoms with van der Waals surface area (Å²) in [4.78, 5) is 13.6. The molecule has 2 aromatic rings. The number of benzene rings is 1. The quantitative estimate of drug-likeness (QED) is 0.906. The van der Waals surface area contributed by atoms with Crippen molar-refractivity contribution in [3.63, 3.8) is 0 Å². The maximum atomic E-state index is 12.1. The van der Waals surface area contributed by atoms with Gasteiger partial charge in [-0.25, -0.2) is 0 Å². The molecule has 0 saturated heterocycles. The lowest BCUT2D eigenvalue weighted by Crippen LogP contribution is -2.23. The van der Waals surface area contributed by atoms with E-state index in [1.54, 1.807) is 18.4 Å². The van der Waals surface area contributed by atoms with E-state index >= 15 is 0 Å². The zero-order valence-electron chi connectivity index (χ0n) is 12.6. The van der Waals surface area contributed by atoms with E-state index in [0.717, 1.165) is 23.6 Å². The van der Waals surface area contributed by atoms with Crippen LogP contribution < -0.4 is 10.1 Å². The Bertz CT molecular complexity index is 717. The number of methoxy groups -OCH3 is 1. The molecule has 0 bridgehead atoms. The molecule has 1 N–H and O–H groups in total. The van der Waals surface area contributed by atoms with Gasteiger partial charge in [0.2, 0.25) is 5.91 Å². The van der Waals surface area contributed by atoms with Crippen LogP contribution in [0.4, 0.5) is 5.00 Å². The number of rotatable bonds is 2. The highest BCUT2D eigenvalue weighted by molar-refractivity contribution is 7.16. The Balaban J connectivity index is 1.80. The van der Waals surface area contributed by atoms with Gasteiger partial charge in [0.1, 0.15) is 5.75 Å². The van der Waals surface area contributed by atoms with Crippen molar-refractivity contribution >= 4 is 22.2 Å². The molecule has 1 aromatic carbocycles. The summed E-state index contributed by atoms with van der Waals surface area (Å²) in [6.45, 7) is 0. The minimum absolute atomic E-state index is 0.131. The molecule has 3 nitrogen and oxygen atoms in total. The summed E-state index contributed by atoms with van der Waals surface area (Å²) in [5.74, 6) is 1.18. The van der Waals surface area contributed by atoms with Gasteiger partial charge in [-0.2, -0.15) is 0 Å². The molecule has 22 heavy (non-hydrogen) atoms. The van der Waals surface area contributed by atoms with Crippen molar-refractivity contribution < 1.29 is 9.53 Å². The van der Waals surface area contributed by atoms with Crippen molar-refractivity contribution in [2.75, 3.05) is 12.4 Å². The summed E-state index contributed by atoms with van der Waals surface area (Å²) in [5.41, 5.74) is 4.10. The number of hydrogen-bond donors (Lipinski definition) is 1. The lowest BCUT2D eigenvalue weighted by molar-refractivity contribution is -0.116. The van der Waals surface area contributed by atoms with Crippen LogP contribution in [0.5, 0.6) is 5.75 Å². The van der Waals surface area contributed by atoms with Gasteiger partial charge in [0.15, 0.2) is 0 Å². The Morgan fingerprint density at radius 3 is 2.73 bits per heavy atom. The van der Waals surface area contributed by atoms with Crippen molar-refractivity contribution in [2.24, 2.45) is 0 Å². The molecule has 0 radical (unpaired) electrons. The average Bonchev–Trinajstić information content (AvgIpc) is 2.92. The third-order valence-corrected chi connectivity index (χ3v) is 5.94. The fourth-order valence-corrected chi connectivity index (χ4v) is 5.01. The minimum Gasteiger partial charge on any atom is -0.497 e. The van der Waals surface area contributed by atoms with Gasteiger partial charge in [-0.05, 0) is 54.5 Å². The molecule has 4 heteroatoms. The third kappa shape index (κ3) is 2.22. The van der Waals surface area contributed by atoms with Crippen LogP contribution in [0.3, 0.4) is 0 Å². The second kappa shape index (κ2) is 5.43. The first-order valence-electron chi connectivity index (χ1n) is 7.84. The molecule has 0 spiro atoms. The van der Waals surface area contributed by atoms with Gasteiger partial charge in [-0.15, -0.1) is 11.3 Å². The highest BCUT2D eigenvalue weighted by Crippen LogP contribution is 2.47. The van der Waals surface area contributed by atoms with Gasteiger partial charge >= 0.3 is 0 Å². The molecule has 1 atom stereocenters. The second-order valence-corrected chi connectivity index (χ2v) is 7.14. The largest absolute Gasteiger partial charge is 0.497 e. The normalized spacial score (nSPS) is 20.0. The van der Waals surface area contributed by atoms with Crippen LogP contribution >= 0.6 is 11.3 Å². The number of ether oxygens (including phenoxy) is 1. The van der Waals surface area contributed by atoms with Crippen LogP contribution in [0.2, 0.25) is 0 Å². The predicted octanol–water partition coefficient (Wildman–Crippen LogP) is 4.11. The second-order valence-electron chi connectivity index (χ2n) is 6.03. The predicted molar refractivity (Wildman–Crippen MR) is 89.0 cm³/mol. The molecule has 1 aromatic heterocycles. The molecule has 4 rings (SSSR count). The molecule has 114 valence electrons. The summed E-state index contributed by atoms with van der Waals surface area (Å²) in [5, 5.41) is 4.18. The third-order valence-electron chi connectivity index (χ3n) is 4.72. The molecule has 1 amide bonds. The summed E-state index contributed by atoms with van der Waals surface area (Å²) in [7, 11) is 1.68. The Kier molecular flexibility index (Phi) is 3.41. The van der Waals surface area contributed by atoms with E-state index in [2.05, 4.69) is 17.4 Å². The lowest BCUT2D eigenvalue weighted by Gasteiger charge is -2.25. The maximum absolute atomic E-state index is 12.1. The first kappa shape index (κ1) is 13.8. The monoisotopic (exact) mass is 313 g/mol. The Hall–Kier alpha value is -1.81. The van der Waals surface area contributed by atoms with E-state index < -0.39 is 0 Å². The smallest absolute Gasteiger partial charge is 0.225 e. The fraction of sp³-hybridized carbons (Fsp3) is 0.389. The summed E-state index contributed by atoms with van der Waals surface area (Å²) in [6, 6.07) is 8.16. The number of nitrogens with one attached hydrogen (secondary N) is 1. The van der Waals surface area contributed by atoms with Crippen molar-refractivity contribution in [3.8, 4) is 5.75 Å². The van der Waals surface area contributed by atoms with Crippen LogP contribution in [0.25, 0.3) is 0 Å². The number of hydrogen-bond acceptors (Lipinski definition) is 3. The Morgan fingerprint density at radius 1 is 1.18 bits per heavy atom. The standard InChI is InChI=1S/C18H19NO2S/c1-21-12-8-6-11(7-9-12)14-10-16(20)19-18-17(14)13-4-2-3-5-15(13)22-18/h6-9,14H,2-5,10H2,1H3,(H,19,20)/t14-/m0/s1. The first-order valence-corrected chi connectivity index (χ1v) is 8.66. The van der Waals surface area contributed by atoms with E-state index in [4.69, 9.17) is 4.74 Å². The van der Waals surface area contributed by atoms with Crippen molar-refractivity contribution in [2.45, 2.75) is 38.0 Å². The summed E-state index contributed by atoms with van der Waals surface area (Å²) < 4.78 is 5.25. The first-order chi connectivity index (χ1) is 10.8. The number of anilines is 1. The zero-order valence-corrected chi connectivity index (χ0v) is 13.5. The minimum atomic E-state index is 0.131. The number of carbonyl (C=O) groups excluding carboxylic acids is 1. The van der Waals surface area contributed by atoms with Gasteiger partial charge < -0.3 is 10.1 Å². The average molecular weight is 313 g/mol. The van der Waals surface area contributed by atoms with Crippen LogP contribution in [0, 0.1) is 0 Å². The summed E-state index contributed by atoms with van der Waals surface area (Å²) in [6.07, 6.45) is 5.40. The fourth-order valence-electron chi connectivity index (χ4n) is 3.64. The Morgan fingerprint density at radius 2 is 1.95 bits per heavy atom. The highest BCUT2D eigenvalue weighted by atomic mass is 32.1. The topological polar surface area (TPSA) is 38.3 Å². The Labute approximate surface area is 134 Å². The molecule has 0 fully saturated rings. The molecule has 0 unspecified atom stereocenters. The SMILES string of the molecule is COc1ccc([C@@H]2CC(=O)Nc3sc4c(c32)CCCC4)cc1. The number of fused-ring (bicyclic) bond motifs is 3. The van der Waals surface area contributed by atoms with E-state index in [1.807, 2.05) is 12.1 Å². The molecular weight excluding hydrogens is 294 g/mol. The van der Waals surface area contributed by atoms with Crippen molar-refractivity contribution in [1.82, 2.24) is 0 Å². The molecule has 2 heterocycles. The van der Waals surface area contributed by atoms with E-state index in [9.17, 15) is 4.79 Å².